The maximum atomic E-state index is 13.2. The molecule has 0 bridgehead atoms. The van der Waals surface area contributed by atoms with Crippen molar-refractivity contribution in [3.8, 4) is 0 Å². The number of halogens is 3. The monoisotopic (exact) mass is 327 g/mol. The fraction of sp³-hybridized carbons (Fsp3) is 0.143. The Morgan fingerprint density at radius 1 is 1.22 bits per heavy atom. The molecule has 0 aromatic heterocycles. The molecular formula is C14H12BrClFN. The van der Waals surface area contributed by atoms with Crippen molar-refractivity contribution in [3.05, 3.63) is 68.9 Å². The fourth-order valence-electron chi connectivity index (χ4n) is 1.83. The minimum Gasteiger partial charge on any atom is -0.324 e. The third kappa shape index (κ3) is 3.31. The summed E-state index contributed by atoms with van der Waals surface area (Å²) in [5, 5.41) is 0.499. The lowest BCUT2D eigenvalue weighted by Gasteiger charge is -2.14. The summed E-state index contributed by atoms with van der Waals surface area (Å²) in [5.74, 6) is -0.320. The summed E-state index contributed by atoms with van der Waals surface area (Å²) in [6, 6.07) is 11.8. The van der Waals surface area contributed by atoms with Crippen LogP contribution in [0.15, 0.2) is 46.9 Å². The lowest BCUT2D eigenvalue weighted by atomic mass is 9.99. The summed E-state index contributed by atoms with van der Waals surface area (Å²) in [6.45, 7) is 0. The summed E-state index contributed by atoms with van der Waals surface area (Å²) >= 11 is 9.44. The number of nitrogens with two attached hydrogens (primary N) is 1. The summed E-state index contributed by atoms with van der Waals surface area (Å²) in [5.41, 5.74) is 7.80. The van der Waals surface area contributed by atoms with E-state index in [4.69, 9.17) is 17.3 Å². The van der Waals surface area contributed by atoms with Crippen LogP contribution in [0.1, 0.15) is 17.2 Å². The van der Waals surface area contributed by atoms with Crippen LogP contribution in [0.4, 0.5) is 4.39 Å². The molecule has 1 atom stereocenters. The zero-order valence-electron chi connectivity index (χ0n) is 9.54. The van der Waals surface area contributed by atoms with Gasteiger partial charge in [0, 0.05) is 15.5 Å². The minimum absolute atomic E-state index is 0.317. The lowest BCUT2D eigenvalue weighted by molar-refractivity contribution is 0.618. The van der Waals surface area contributed by atoms with Gasteiger partial charge in [-0.3, -0.25) is 0 Å². The van der Waals surface area contributed by atoms with E-state index in [-0.39, 0.29) is 11.9 Å². The molecule has 18 heavy (non-hydrogen) atoms. The van der Waals surface area contributed by atoms with Gasteiger partial charge in [0.15, 0.2) is 0 Å². The molecule has 0 fully saturated rings. The van der Waals surface area contributed by atoms with Crippen molar-refractivity contribution in [1.29, 1.82) is 0 Å². The first-order chi connectivity index (χ1) is 8.56. The molecule has 1 nitrogen and oxygen atoms in total. The summed E-state index contributed by atoms with van der Waals surface area (Å²) in [6.07, 6.45) is 0.614. The van der Waals surface area contributed by atoms with E-state index in [9.17, 15) is 4.39 Å². The Kier molecular flexibility index (Phi) is 4.38. The highest BCUT2D eigenvalue weighted by atomic mass is 79.9. The topological polar surface area (TPSA) is 26.0 Å². The second-order valence-electron chi connectivity index (χ2n) is 4.11. The van der Waals surface area contributed by atoms with E-state index in [0.29, 0.717) is 17.0 Å². The highest BCUT2D eigenvalue weighted by molar-refractivity contribution is 9.10. The molecular weight excluding hydrogens is 317 g/mol. The van der Waals surface area contributed by atoms with E-state index in [1.54, 1.807) is 0 Å². The second-order valence-corrected chi connectivity index (χ2v) is 5.43. The van der Waals surface area contributed by atoms with Gasteiger partial charge < -0.3 is 5.73 Å². The second kappa shape index (κ2) is 5.83. The fourth-order valence-corrected chi connectivity index (χ4v) is 2.53. The number of rotatable bonds is 3. The predicted octanol–water partition coefficient (Wildman–Crippen LogP) is 4.48. The van der Waals surface area contributed by atoms with E-state index in [0.717, 1.165) is 10.0 Å². The molecule has 0 heterocycles. The molecule has 2 aromatic carbocycles. The molecule has 0 saturated heterocycles. The van der Waals surface area contributed by atoms with Gasteiger partial charge in [-0.2, -0.15) is 0 Å². The van der Waals surface area contributed by atoms with E-state index in [1.165, 1.54) is 18.2 Å². The first kappa shape index (κ1) is 13.5. The zero-order chi connectivity index (χ0) is 13.1. The molecule has 1 unspecified atom stereocenters. The van der Waals surface area contributed by atoms with Crippen LogP contribution >= 0.6 is 27.5 Å². The predicted molar refractivity (Wildman–Crippen MR) is 76.2 cm³/mol. The van der Waals surface area contributed by atoms with Crippen LogP contribution in [-0.2, 0) is 6.42 Å². The third-order valence-electron chi connectivity index (χ3n) is 2.70. The Morgan fingerprint density at radius 3 is 2.72 bits per heavy atom. The smallest absolute Gasteiger partial charge is 0.123 e. The van der Waals surface area contributed by atoms with Crippen molar-refractivity contribution >= 4 is 27.5 Å². The van der Waals surface area contributed by atoms with E-state index in [2.05, 4.69) is 15.9 Å². The average Bonchev–Trinajstić information content (AvgIpc) is 2.32. The van der Waals surface area contributed by atoms with Crippen LogP contribution < -0.4 is 5.73 Å². The maximum absolute atomic E-state index is 13.2. The Labute approximate surface area is 119 Å². The third-order valence-corrected chi connectivity index (χ3v) is 3.54. The van der Waals surface area contributed by atoms with Gasteiger partial charge in [-0.05, 0) is 47.9 Å². The Balaban J connectivity index is 2.21. The van der Waals surface area contributed by atoms with Crippen LogP contribution in [0.3, 0.4) is 0 Å². The quantitative estimate of drug-likeness (QED) is 0.883. The van der Waals surface area contributed by atoms with Gasteiger partial charge in [0.2, 0.25) is 0 Å². The van der Waals surface area contributed by atoms with Crippen molar-refractivity contribution in [2.24, 2.45) is 5.73 Å². The van der Waals surface area contributed by atoms with Crippen LogP contribution in [0.2, 0.25) is 5.02 Å². The number of hydrogen-bond donors (Lipinski definition) is 1. The van der Waals surface area contributed by atoms with Gasteiger partial charge in [-0.1, -0.05) is 39.7 Å². The Hall–Kier alpha value is -0.900. The summed E-state index contributed by atoms with van der Waals surface area (Å²) in [4.78, 5) is 0. The van der Waals surface area contributed by atoms with Crippen LogP contribution in [-0.4, -0.2) is 0 Å². The molecule has 0 aliphatic heterocycles. The Bertz CT molecular complexity index is 559. The first-order valence-corrected chi connectivity index (χ1v) is 6.68. The van der Waals surface area contributed by atoms with Crippen molar-refractivity contribution in [2.45, 2.75) is 12.5 Å². The molecule has 2 N–H and O–H groups in total. The van der Waals surface area contributed by atoms with Crippen molar-refractivity contribution in [2.75, 3.05) is 0 Å². The molecule has 4 heteroatoms. The Morgan fingerprint density at radius 2 is 2.00 bits per heavy atom. The SMILES string of the molecule is NC(Cc1cccc(Br)c1)c1cc(F)ccc1Cl. The average molecular weight is 329 g/mol. The van der Waals surface area contributed by atoms with Gasteiger partial charge in [0.25, 0.3) is 0 Å². The van der Waals surface area contributed by atoms with Crippen LogP contribution in [0, 0.1) is 5.82 Å². The van der Waals surface area contributed by atoms with Crippen LogP contribution in [0.5, 0.6) is 0 Å². The van der Waals surface area contributed by atoms with E-state index < -0.39 is 0 Å². The first-order valence-electron chi connectivity index (χ1n) is 5.51. The standard InChI is InChI=1S/C14H12BrClFN/c15-10-3-1-2-9(6-10)7-14(18)12-8-11(17)4-5-13(12)16/h1-6,8,14H,7,18H2. The van der Waals surface area contributed by atoms with Gasteiger partial charge in [-0.25, -0.2) is 4.39 Å². The van der Waals surface area contributed by atoms with E-state index >= 15 is 0 Å². The molecule has 2 aromatic rings. The molecule has 0 aliphatic carbocycles. The molecule has 0 radical (unpaired) electrons. The molecule has 94 valence electrons. The van der Waals surface area contributed by atoms with Gasteiger partial charge >= 0.3 is 0 Å². The molecule has 0 spiro atoms. The summed E-state index contributed by atoms with van der Waals surface area (Å²) in [7, 11) is 0. The number of benzene rings is 2. The van der Waals surface area contributed by atoms with Gasteiger partial charge in [0.05, 0.1) is 0 Å². The normalized spacial score (nSPS) is 12.4. The van der Waals surface area contributed by atoms with E-state index in [1.807, 2.05) is 24.3 Å². The lowest BCUT2D eigenvalue weighted by Crippen LogP contribution is -2.14. The summed E-state index contributed by atoms with van der Waals surface area (Å²) < 4.78 is 14.2. The molecule has 2 rings (SSSR count). The van der Waals surface area contributed by atoms with Crippen molar-refractivity contribution in [1.82, 2.24) is 0 Å². The molecule has 0 saturated carbocycles. The number of hydrogen-bond acceptors (Lipinski definition) is 1. The molecule has 0 amide bonds. The zero-order valence-corrected chi connectivity index (χ0v) is 11.9. The molecule has 0 aliphatic rings. The maximum Gasteiger partial charge on any atom is 0.123 e. The van der Waals surface area contributed by atoms with Crippen LogP contribution in [0.25, 0.3) is 0 Å². The van der Waals surface area contributed by atoms with Crippen molar-refractivity contribution in [3.63, 3.8) is 0 Å². The largest absolute Gasteiger partial charge is 0.324 e. The van der Waals surface area contributed by atoms with Gasteiger partial charge in [0.1, 0.15) is 5.82 Å². The van der Waals surface area contributed by atoms with Crippen molar-refractivity contribution < 1.29 is 4.39 Å². The minimum atomic E-state index is -0.320. The highest BCUT2D eigenvalue weighted by Gasteiger charge is 2.12. The highest BCUT2D eigenvalue weighted by Crippen LogP contribution is 2.25. The van der Waals surface area contributed by atoms with Gasteiger partial charge in [-0.15, -0.1) is 0 Å².